The third-order valence-electron chi connectivity index (χ3n) is 2.80. The average Bonchev–Trinajstić information content (AvgIpc) is 2.45. The highest BCUT2D eigenvalue weighted by molar-refractivity contribution is 7.86. The Morgan fingerprint density at radius 3 is 2.12 bits per heavy atom. The van der Waals surface area contributed by atoms with E-state index in [9.17, 15) is 16.8 Å². The molecule has 11 nitrogen and oxygen atoms in total. The molecule has 0 aliphatic heterocycles. The molecular formula is C12H15N5O6S2. The van der Waals surface area contributed by atoms with Crippen LogP contribution in [-0.4, -0.2) is 53.2 Å². The van der Waals surface area contributed by atoms with E-state index in [1.54, 1.807) is 6.92 Å². The summed E-state index contributed by atoms with van der Waals surface area (Å²) in [5.74, 6) is 0.0912. The average molecular weight is 389 g/mol. The van der Waals surface area contributed by atoms with E-state index < -0.39 is 26.0 Å². The largest absolute Gasteiger partial charge is 0.353 e. The Bertz CT molecular complexity index is 960. The van der Waals surface area contributed by atoms with Gasteiger partial charge in [-0.25, -0.2) is 0 Å². The molecule has 0 fully saturated rings. The van der Waals surface area contributed by atoms with Gasteiger partial charge in [-0.1, -0.05) is 0 Å². The summed E-state index contributed by atoms with van der Waals surface area (Å²) >= 11 is 0. The summed E-state index contributed by atoms with van der Waals surface area (Å²) in [5, 5.41) is 5.47. The molecule has 0 amide bonds. The van der Waals surface area contributed by atoms with Crippen LogP contribution in [0.5, 0.6) is 0 Å². The molecule has 1 heterocycles. The predicted octanol–water partition coefficient (Wildman–Crippen LogP) is 0.470. The number of aryl methyl sites for hydroxylation is 1. The molecule has 0 bridgehead atoms. The first-order valence-corrected chi connectivity index (χ1v) is 9.84. The fourth-order valence-corrected chi connectivity index (χ4v) is 2.59. The van der Waals surface area contributed by atoms with Crippen LogP contribution in [0, 0.1) is 6.92 Å². The van der Waals surface area contributed by atoms with Gasteiger partial charge in [0.1, 0.15) is 5.82 Å². The van der Waals surface area contributed by atoms with E-state index in [1.165, 1.54) is 24.3 Å². The summed E-state index contributed by atoms with van der Waals surface area (Å²) in [6.45, 7) is 1.51. The molecule has 2 rings (SSSR count). The third kappa shape index (κ3) is 6.22. The van der Waals surface area contributed by atoms with Crippen LogP contribution in [0.2, 0.25) is 0 Å². The quantitative estimate of drug-likeness (QED) is 0.485. The predicted molar refractivity (Wildman–Crippen MR) is 89.0 cm³/mol. The molecule has 0 aliphatic carbocycles. The van der Waals surface area contributed by atoms with Crippen molar-refractivity contribution in [3.05, 3.63) is 30.1 Å². The zero-order chi connectivity index (χ0) is 18.7. The second-order valence-corrected chi connectivity index (χ2v) is 7.86. The molecule has 0 unspecified atom stereocenters. The van der Waals surface area contributed by atoms with Gasteiger partial charge < -0.3 is 10.6 Å². The molecular weight excluding hydrogens is 374 g/mol. The summed E-state index contributed by atoms with van der Waals surface area (Å²) in [6.07, 6.45) is 0. The van der Waals surface area contributed by atoms with Crippen molar-refractivity contribution < 1.29 is 25.9 Å². The lowest BCUT2D eigenvalue weighted by molar-refractivity contribution is 0.481. The van der Waals surface area contributed by atoms with Crippen molar-refractivity contribution in [1.29, 1.82) is 0 Å². The molecule has 0 saturated carbocycles. The maximum absolute atomic E-state index is 11.0. The molecule has 13 heteroatoms. The van der Waals surface area contributed by atoms with Crippen LogP contribution in [0.15, 0.2) is 29.2 Å². The molecule has 0 aliphatic rings. The van der Waals surface area contributed by atoms with Crippen molar-refractivity contribution in [2.24, 2.45) is 0 Å². The van der Waals surface area contributed by atoms with E-state index in [0.717, 1.165) is 0 Å². The van der Waals surface area contributed by atoms with Gasteiger partial charge in [0, 0.05) is 12.2 Å². The summed E-state index contributed by atoms with van der Waals surface area (Å²) in [7, 11) is -8.37. The minimum atomic E-state index is -4.28. The van der Waals surface area contributed by atoms with Gasteiger partial charge in [0.15, 0.2) is 0 Å². The fourth-order valence-electron chi connectivity index (χ4n) is 1.75. The number of anilines is 3. The van der Waals surface area contributed by atoms with Gasteiger partial charge in [0.25, 0.3) is 20.2 Å². The van der Waals surface area contributed by atoms with Gasteiger partial charge in [0.2, 0.25) is 11.9 Å². The van der Waals surface area contributed by atoms with Gasteiger partial charge in [-0.3, -0.25) is 9.11 Å². The lowest BCUT2D eigenvalue weighted by atomic mass is 10.3. The second-order valence-electron chi connectivity index (χ2n) is 4.87. The minimum absolute atomic E-state index is 0.0925. The number of aromatic nitrogens is 3. The lowest BCUT2D eigenvalue weighted by Gasteiger charge is -2.09. The lowest BCUT2D eigenvalue weighted by Crippen LogP contribution is -2.16. The second kappa shape index (κ2) is 7.26. The van der Waals surface area contributed by atoms with Crippen LogP contribution in [0.25, 0.3) is 0 Å². The van der Waals surface area contributed by atoms with E-state index >= 15 is 0 Å². The van der Waals surface area contributed by atoms with E-state index in [4.69, 9.17) is 9.11 Å². The van der Waals surface area contributed by atoms with Gasteiger partial charge in [-0.05, 0) is 31.2 Å². The standard InChI is InChI=1S/C12H15N5O6S2/c1-8-14-11(13-6-7-24(18,19)20)17-12(15-8)16-9-2-4-10(5-3-9)25(21,22)23/h2-5H,6-7H2,1H3,(H,18,19,20)(H,21,22,23)(H2,13,14,15,16,17). The highest BCUT2D eigenvalue weighted by atomic mass is 32.2. The van der Waals surface area contributed by atoms with Crippen molar-refractivity contribution >= 4 is 37.8 Å². The van der Waals surface area contributed by atoms with Crippen LogP contribution >= 0.6 is 0 Å². The summed E-state index contributed by atoms with van der Waals surface area (Å²) < 4.78 is 61.0. The highest BCUT2D eigenvalue weighted by Crippen LogP contribution is 2.17. The van der Waals surface area contributed by atoms with E-state index in [-0.39, 0.29) is 23.3 Å². The molecule has 0 atom stereocenters. The maximum atomic E-state index is 11.0. The molecule has 1 aromatic heterocycles. The number of rotatable bonds is 7. The van der Waals surface area contributed by atoms with E-state index in [1.807, 2.05) is 0 Å². The molecule has 4 N–H and O–H groups in total. The summed E-state index contributed by atoms with van der Waals surface area (Å²) in [4.78, 5) is 11.8. The zero-order valence-corrected chi connectivity index (χ0v) is 14.5. The topological polar surface area (TPSA) is 171 Å². The number of nitrogens with one attached hydrogen (secondary N) is 2. The minimum Gasteiger partial charge on any atom is -0.353 e. The van der Waals surface area contributed by atoms with Gasteiger partial charge in [0.05, 0.1) is 10.6 Å². The normalized spacial score (nSPS) is 12.0. The number of benzene rings is 1. The van der Waals surface area contributed by atoms with Crippen LogP contribution < -0.4 is 10.6 Å². The Hall–Kier alpha value is -2.35. The van der Waals surface area contributed by atoms with Gasteiger partial charge in [-0.15, -0.1) is 0 Å². The monoisotopic (exact) mass is 389 g/mol. The van der Waals surface area contributed by atoms with Crippen molar-refractivity contribution in [1.82, 2.24) is 15.0 Å². The molecule has 2 aromatic rings. The van der Waals surface area contributed by atoms with Crippen molar-refractivity contribution in [3.8, 4) is 0 Å². The Kier molecular flexibility index (Phi) is 5.52. The molecule has 0 spiro atoms. The number of hydrogen-bond donors (Lipinski definition) is 4. The summed E-state index contributed by atoms with van der Waals surface area (Å²) in [5.41, 5.74) is 0.460. The SMILES string of the molecule is Cc1nc(NCCS(=O)(=O)O)nc(Nc2ccc(S(=O)(=O)O)cc2)n1. The van der Waals surface area contributed by atoms with Crippen molar-refractivity contribution in [2.75, 3.05) is 22.9 Å². The highest BCUT2D eigenvalue weighted by Gasteiger charge is 2.10. The number of nitrogens with zero attached hydrogens (tertiary/aromatic N) is 3. The summed E-state index contributed by atoms with van der Waals surface area (Å²) in [6, 6.07) is 5.23. The molecule has 1 aromatic carbocycles. The third-order valence-corrected chi connectivity index (χ3v) is 4.39. The van der Waals surface area contributed by atoms with Crippen molar-refractivity contribution in [3.63, 3.8) is 0 Å². The Balaban J connectivity index is 2.11. The van der Waals surface area contributed by atoms with Gasteiger partial charge in [-0.2, -0.15) is 31.8 Å². The first-order chi connectivity index (χ1) is 11.5. The Morgan fingerprint density at radius 1 is 0.960 bits per heavy atom. The Labute approximate surface area is 144 Å². The van der Waals surface area contributed by atoms with Crippen LogP contribution in [0.3, 0.4) is 0 Å². The number of hydrogen-bond acceptors (Lipinski definition) is 9. The first-order valence-electron chi connectivity index (χ1n) is 6.79. The van der Waals surface area contributed by atoms with Crippen LogP contribution in [-0.2, 0) is 20.2 Å². The first kappa shape index (κ1) is 19.0. The van der Waals surface area contributed by atoms with Crippen LogP contribution in [0.4, 0.5) is 17.6 Å². The molecule has 0 radical (unpaired) electrons. The Morgan fingerprint density at radius 2 is 1.56 bits per heavy atom. The van der Waals surface area contributed by atoms with Gasteiger partial charge >= 0.3 is 0 Å². The fraction of sp³-hybridized carbons (Fsp3) is 0.250. The molecule has 25 heavy (non-hydrogen) atoms. The smallest absolute Gasteiger partial charge is 0.294 e. The zero-order valence-electron chi connectivity index (χ0n) is 12.9. The van der Waals surface area contributed by atoms with Crippen molar-refractivity contribution in [2.45, 2.75) is 11.8 Å². The van der Waals surface area contributed by atoms with E-state index in [2.05, 4.69) is 25.6 Å². The molecule has 0 saturated heterocycles. The van der Waals surface area contributed by atoms with E-state index in [0.29, 0.717) is 11.5 Å². The van der Waals surface area contributed by atoms with Crippen LogP contribution in [0.1, 0.15) is 5.82 Å². The maximum Gasteiger partial charge on any atom is 0.294 e. The molecule has 136 valence electrons.